The number of aliphatic hydroxyl groups excluding tert-OH is 2. The average molecular weight is 181 g/mol. The lowest BCUT2D eigenvalue weighted by Crippen LogP contribution is -2.13. The van der Waals surface area contributed by atoms with Gasteiger partial charge in [-0.05, 0) is 18.1 Å². The summed E-state index contributed by atoms with van der Waals surface area (Å²) in [6, 6.07) is 7.44. The van der Waals surface area contributed by atoms with Crippen molar-refractivity contribution in [2.75, 3.05) is 12.3 Å². The van der Waals surface area contributed by atoms with Crippen LogP contribution in [0.25, 0.3) is 0 Å². The maximum atomic E-state index is 9.41. The molecule has 0 aliphatic rings. The number of aliphatic hydroxyl groups is 2. The van der Waals surface area contributed by atoms with E-state index in [0.29, 0.717) is 18.5 Å². The summed E-state index contributed by atoms with van der Waals surface area (Å²) in [6.07, 6.45) is 0.399. The van der Waals surface area contributed by atoms with Gasteiger partial charge in [0.05, 0.1) is 6.10 Å². The highest BCUT2D eigenvalue weighted by Gasteiger charge is 2.06. The van der Waals surface area contributed by atoms with Crippen molar-refractivity contribution in [2.24, 2.45) is 0 Å². The van der Waals surface area contributed by atoms with Crippen LogP contribution in [0.4, 0.5) is 5.69 Å². The number of nitrogen functional groups attached to an aromatic ring is 1. The fraction of sp³-hybridized carbons (Fsp3) is 0.400. The van der Waals surface area contributed by atoms with Crippen molar-refractivity contribution in [1.29, 1.82) is 0 Å². The second-order valence-electron chi connectivity index (χ2n) is 3.07. The van der Waals surface area contributed by atoms with E-state index in [4.69, 9.17) is 10.8 Å². The molecule has 0 heterocycles. The van der Waals surface area contributed by atoms with E-state index >= 15 is 0 Å². The van der Waals surface area contributed by atoms with Crippen LogP contribution in [0.5, 0.6) is 0 Å². The van der Waals surface area contributed by atoms with E-state index in [1.807, 2.05) is 18.2 Å². The third-order valence-corrected chi connectivity index (χ3v) is 1.97. The van der Waals surface area contributed by atoms with E-state index in [1.54, 1.807) is 6.07 Å². The number of hydrogen-bond acceptors (Lipinski definition) is 3. The standard InChI is InChI=1S/C10H15NO2/c11-10-4-2-1-3-8(10)7-9(13)5-6-12/h1-4,9,12-13H,5-7,11H2. The summed E-state index contributed by atoms with van der Waals surface area (Å²) in [4.78, 5) is 0. The van der Waals surface area contributed by atoms with Gasteiger partial charge in [0.25, 0.3) is 0 Å². The van der Waals surface area contributed by atoms with E-state index in [-0.39, 0.29) is 6.61 Å². The van der Waals surface area contributed by atoms with Crippen molar-refractivity contribution in [3.05, 3.63) is 29.8 Å². The van der Waals surface area contributed by atoms with Crippen LogP contribution in [0.1, 0.15) is 12.0 Å². The minimum absolute atomic E-state index is 0.00784. The second kappa shape index (κ2) is 4.84. The minimum atomic E-state index is -0.505. The topological polar surface area (TPSA) is 66.5 Å². The molecule has 0 aliphatic carbocycles. The van der Waals surface area contributed by atoms with E-state index < -0.39 is 6.10 Å². The number of rotatable bonds is 4. The van der Waals surface area contributed by atoms with Crippen LogP contribution in [0.15, 0.2) is 24.3 Å². The molecule has 0 fully saturated rings. The molecule has 13 heavy (non-hydrogen) atoms. The van der Waals surface area contributed by atoms with Crippen molar-refractivity contribution in [1.82, 2.24) is 0 Å². The van der Waals surface area contributed by atoms with E-state index in [0.717, 1.165) is 5.56 Å². The Balaban J connectivity index is 2.58. The molecule has 1 atom stereocenters. The summed E-state index contributed by atoms with van der Waals surface area (Å²) in [5.41, 5.74) is 7.32. The Kier molecular flexibility index (Phi) is 3.73. The lowest BCUT2D eigenvalue weighted by Gasteiger charge is -2.10. The van der Waals surface area contributed by atoms with Crippen molar-refractivity contribution in [2.45, 2.75) is 18.9 Å². The highest BCUT2D eigenvalue weighted by Crippen LogP contribution is 2.13. The lowest BCUT2D eigenvalue weighted by molar-refractivity contribution is 0.133. The summed E-state index contributed by atoms with van der Waals surface area (Å²) in [5, 5.41) is 18.0. The van der Waals surface area contributed by atoms with Crippen LogP contribution < -0.4 is 5.73 Å². The summed E-state index contributed by atoms with van der Waals surface area (Å²) < 4.78 is 0. The number of hydrogen-bond donors (Lipinski definition) is 3. The molecule has 1 aromatic rings. The summed E-state index contributed by atoms with van der Waals surface area (Å²) in [7, 11) is 0. The van der Waals surface area contributed by atoms with Gasteiger partial charge in [-0.25, -0.2) is 0 Å². The normalized spacial score (nSPS) is 12.8. The monoisotopic (exact) mass is 181 g/mol. The molecule has 0 aromatic heterocycles. The van der Waals surface area contributed by atoms with E-state index in [9.17, 15) is 5.11 Å². The van der Waals surface area contributed by atoms with Gasteiger partial charge in [0.1, 0.15) is 0 Å². The molecule has 0 bridgehead atoms. The van der Waals surface area contributed by atoms with Crippen LogP contribution in [0, 0.1) is 0 Å². The Morgan fingerprint density at radius 1 is 1.31 bits per heavy atom. The Labute approximate surface area is 77.8 Å². The maximum Gasteiger partial charge on any atom is 0.0603 e. The summed E-state index contributed by atoms with van der Waals surface area (Å²) in [5.74, 6) is 0. The Morgan fingerprint density at radius 3 is 2.62 bits per heavy atom. The largest absolute Gasteiger partial charge is 0.399 e. The van der Waals surface area contributed by atoms with Crippen molar-refractivity contribution >= 4 is 5.69 Å². The molecule has 0 saturated heterocycles. The molecule has 0 amide bonds. The van der Waals surface area contributed by atoms with Crippen LogP contribution in [0.3, 0.4) is 0 Å². The Morgan fingerprint density at radius 2 is 2.00 bits per heavy atom. The molecule has 1 unspecified atom stereocenters. The summed E-state index contributed by atoms with van der Waals surface area (Å²) in [6.45, 7) is 0.00784. The average Bonchev–Trinajstić information content (AvgIpc) is 2.09. The molecule has 3 nitrogen and oxygen atoms in total. The van der Waals surface area contributed by atoms with Gasteiger partial charge in [-0.1, -0.05) is 18.2 Å². The van der Waals surface area contributed by atoms with Crippen LogP contribution >= 0.6 is 0 Å². The first-order valence-electron chi connectivity index (χ1n) is 4.36. The molecular weight excluding hydrogens is 166 g/mol. The zero-order valence-electron chi connectivity index (χ0n) is 7.48. The van der Waals surface area contributed by atoms with Crippen molar-refractivity contribution < 1.29 is 10.2 Å². The van der Waals surface area contributed by atoms with Crippen LogP contribution in [0.2, 0.25) is 0 Å². The van der Waals surface area contributed by atoms with Gasteiger partial charge >= 0.3 is 0 Å². The Bertz CT molecular complexity index is 263. The first kappa shape index (κ1) is 10.0. The van der Waals surface area contributed by atoms with Crippen LogP contribution in [-0.4, -0.2) is 22.9 Å². The highest BCUT2D eigenvalue weighted by molar-refractivity contribution is 5.46. The number of para-hydroxylation sites is 1. The zero-order valence-corrected chi connectivity index (χ0v) is 7.48. The van der Waals surface area contributed by atoms with Gasteiger partial charge < -0.3 is 15.9 Å². The third-order valence-electron chi connectivity index (χ3n) is 1.97. The van der Waals surface area contributed by atoms with Gasteiger partial charge in [0.2, 0.25) is 0 Å². The van der Waals surface area contributed by atoms with Crippen LogP contribution in [-0.2, 0) is 6.42 Å². The first-order valence-corrected chi connectivity index (χ1v) is 4.36. The molecule has 1 aromatic carbocycles. The molecule has 0 aliphatic heterocycles. The number of benzene rings is 1. The molecule has 0 spiro atoms. The molecular formula is C10H15NO2. The molecule has 1 rings (SSSR count). The highest BCUT2D eigenvalue weighted by atomic mass is 16.3. The zero-order chi connectivity index (χ0) is 9.68. The maximum absolute atomic E-state index is 9.41. The van der Waals surface area contributed by atoms with E-state index in [2.05, 4.69) is 0 Å². The predicted molar refractivity (Wildman–Crippen MR) is 52.3 cm³/mol. The van der Waals surface area contributed by atoms with E-state index in [1.165, 1.54) is 0 Å². The SMILES string of the molecule is Nc1ccccc1CC(O)CCO. The lowest BCUT2D eigenvalue weighted by atomic mass is 10.0. The van der Waals surface area contributed by atoms with Gasteiger partial charge in [-0.3, -0.25) is 0 Å². The Hall–Kier alpha value is -1.06. The molecule has 3 heteroatoms. The minimum Gasteiger partial charge on any atom is -0.399 e. The molecule has 4 N–H and O–H groups in total. The number of anilines is 1. The second-order valence-corrected chi connectivity index (χ2v) is 3.07. The van der Waals surface area contributed by atoms with Gasteiger partial charge in [-0.15, -0.1) is 0 Å². The fourth-order valence-electron chi connectivity index (χ4n) is 1.23. The van der Waals surface area contributed by atoms with Gasteiger partial charge in [0.15, 0.2) is 0 Å². The molecule has 0 radical (unpaired) electrons. The fourth-order valence-corrected chi connectivity index (χ4v) is 1.23. The first-order chi connectivity index (χ1) is 6.24. The summed E-state index contributed by atoms with van der Waals surface area (Å²) >= 11 is 0. The third kappa shape index (κ3) is 3.05. The van der Waals surface area contributed by atoms with Gasteiger partial charge in [-0.2, -0.15) is 0 Å². The van der Waals surface area contributed by atoms with Gasteiger partial charge in [0, 0.05) is 18.7 Å². The molecule has 0 saturated carbocycles. The number of nitrogens with two attached hydrogens (primary N) is 1. The van der Waals surface area contributed by atoms with Crippen molar-refractivity contribution in [3.63, 3.8) is 0 Å². The smallest absolute Gasteiger partial charge is 0.0603 e. The quantitative estimate of drug-likeness (QED) is 0.594. The predicted octanol–water partition coefficient (Wildman–Crippen LogP) is 0.555. The molecule has 72 valence electrons. The van der Waals surface area contributed by atoms with Crippen molar-refractivity contribution in [3.8, 4) is 0 Å².